The summed E-state index contributed by atoms with van der Waals surface area (Å²) >= 11 is 0. The van der Waals surface area contributed by atoms with Gasteiger partial charge in [0.05, 0.1) is 0 Å². The lowest BCUT2D eigenvalue weighted by Gasteiger charge is -2.12. The van der Waals surface area contributed by atoms with Gasteiger partial charge in [0, 0.05) is 13.1 Å². The summed E-state index contributed by atoms with van der Waals surface area (Å²) in [6, 6.07) is 9.92. The predicted octanol–water partition coefficient (Wildman–Crippen LogP) is 0.793. The number of hydrogen-bond donors (Lipinski definition) is 3. The van der Waals surface area contributed by atoms with E-state index in [-0.39, 0.29) is 11.5 Å². The standard InChI is InChI=1S/C14H18N4O2/c1-2-18-12(15)11(13(19)17-14(18)20)16-9-8-10-6-4-3-5-7-10/h3-7,16H,2,8-9,15H2,1H3,(H,17,19,20). The Balaban J connectivity index is 2.14. The van der Waals surface area contributed by atoms with Crippen LogP contribution in [0.4, 0.5) is 11.5 Å². The van der Waals surface area contributed by atoms with Gasteiger partial charge in [-0.3, -0.25) is 14.3 Å². The molecule has 0 spiro atoms. The second-order valence-electron chi connectivity index (χ2n) is 4.43. The minimum absolute atomic E-state index is 0.175. The summed E-state index contributed by atoms with van der Waals surface area (Å²) < 4.78 is 1.33. The third kappa shape index (κ3) is 2.90. The van der Waals surface area contributed by atoms with Crippen LogP contribution in [0.5, 0.6) is 0 Å². The lowest BCUT2D eigenvalue weighted by molar-refractivity contribution is 0.706. The number of nitrogens with one attached hydrogen (secondary N) is 2. The van der Waals surface area contributed by atoms with Crippen molar-refractivity contribution in [3.05, 3.63) is 56.7 Å². The first-order valence-electron chi connectivity index (χ1n) is 6.54. The highest BCUT2D eigenvalue weighted by Gasteiger charge is 2.10. The molecule has 2 aromatic rings. The van der Waals surface area contributed by atoms with E-state index in [2.05, 4.69) is 10.3 Å². The Morgan fingerprint density at radius 2 is 1.95 bits per heavy atom. The fourth-order valence-electron chi connectivity index (χ4n) is 2.05. The zero-order chi connectivity index (χ0) is 14.5. The molecule has 106 valence electrons. The summed E-state index contributed by atoms with van der Waals surface area (Å²) in [5.74, 6) is 0.175. The maximum Gasteiger partial charge on any atom is 0.330 e. The van der Waals surface area contributed by atoms with E-state index in [1.54, 1.807) is 6.92 Å². The van der Waals surface area contributed by atoms with E-state index in [0.717, 1.165) is 6.42 Å². The van der Waals surface area contributed by atoms with Crippen molar-refractivity contribution >= 4 is 11.5 Å². The van der Waals surface area contributed by atoms with Gasteiger partial charge in [-0.05, 0) is 18.9 Å². The third-order valence-corrected chi connectivity index (χ3v) is 3.11. The van der Waals surface area contributed by atoms with Crippen LogP contribution in [0.25, 0.3) is 0 Å². The molecule has 1 aromatic heterocycles. The van der Waals surface area contributed by atoms with Crippen LogP contribution in [0.3, 0.4) is 0 Å². The number of nitrogen functional groups attached to an aromatic ring is 1. The van der Waals surface area contributed by atoms with Crippen molar-refractivity contribution in [3.8, 4) is 0 Å². The number of nitrogens with zero attached hydrogens (tertiary/aromatic N) is 1. The van der Waals surface area contributed by atoms with Crippen LogP contribution in [0.2, 0.25) is 0 Å². The number of aromatic amines is 1. The number of nitrogens with two attached hydrogens (primary N) is 1. The molecule has 4 N–H and O–H groups in total. The molecule has 0 bridgehead atoms. The molecule has 6 heteroatoms. The number of aromatic nitrogens is 2. The van der Waals surface area contributed by atoms with E-state index in [0.29, 0.717) is 13.1 Å². The molecule has 0 aliphatic heterocycles. The van der Waals surface area contributed by atoms with Crippen LogP contribution in [0.15, 0.2) is 39.9 Å². The highest BCUT2D eigenvalue weighted by Crippen LogP contribution is 2.10. The fraction of sp³-hybridized carbons (Fsp3) is 0.286. The fourth-order valence-corrected chi connectivity index (χ4v) is 2.05. The normalized spacial score (nSPS) is 10.4. The van der Waals surface area contributed by atoms with Crippen molar-refractivity contribution in [1.29, 1.82) is 0 Å². The Morgan fingerprint density at radius 1 is 1.25 bits per heavy atom. The molecule has 6 nitrogen and oxygen atoms in total. The zero-order valence-corrected chi connectivity index (χ0v) is 11.3. The molecular weight excluding hydrogens is 256 g/mol. The summed E-state index contributed by atoms with van der Waals surface area (Å²) in [5, 5.41) is 3.00. The largest absolute Gasteiger partial charge is 0.383 e. The first-order chi connectivity index (χ1) is 9.63. The third-order valence-electron chi connectivity index (χ3n) is 3.11. The van der Waals surface area contributed by atoms with Gasteiger partial charge in [-0.15, -0.1) is 0 Å². The maximum absolute atomic E-state index is 11.8. The van der Waals surface area contributed by atoms with E-state index < -0.39 is 11.2 Å². The molecule has 0 aliphatic carbocycles. The topological polar surface area (TPSA) is 92.9 Å². The number of rotatable bonds is 5. The van der Waals surface area contributed by atoms with Gasteiger partial charge >= 0.3 is 5.69 Å². The smallest absolute Gasteiger partial charge is 0.330 e. The Hall–Kier alpha value is -2.50. The SMILES string of the molecule is CCn1c(N)c(NCCc2ccccc2)c(=O)[nH]c1=O. The van der Waals surface area contributed by atoms with E-state index in [1.807, 2.05) is 30.3 Å². The van der Waals surface area contributed by atoms with Crippen molar-refractivity contribution < 1.29 is 0 Å². The van der Waals surface area contributed by atoms with Crippen molar-refractivity contribution in [2.45, 2.75) is 19.9 Å². The van der Waals surface area contributed by atoms with Crippen LogP contribution < -0.4 is 22.3 Å². The van der Waals surface area contributed by atoms with Crippen molar-refractivity contribution in [1.82, 2.24) is 9.55 Å². The molecule has 0 saturated heterocycles. The lowest BCUT2D eigenvalue weighted by atomic mass is 10.1. The Morgan fingerprint density at radius 3 is 2.60 bits per heavy atom. The summed E-state index contributed by atoms with van der Waals surface area (Å²) in [4.78, 5) is 25.6. The van der Waals surface area contributed by atoms with Gasteiger partial charge in [-0.25, -0.2) is 4.79 Å². The number of anilines is 2. The van der Waals surface area contributed by atoms with Crippen LogP contribution in [-0.2, 0) is 13.0 Å². The molecule has 0 atom stereocenters. The van der Waals surface area contributed by atoms with Gasteiger partial charge in [0.15, 0.2) is 0 Å². The quantitative estimate of drug-likeness (QED) is 0.751. The molecule has 0 unspecified atom stereocenters. The second kappa shape index (κ2) is 6.10. The number of benzene rings is 1. The van der Waals surface area contributed by atoms with Gasteiger partial charge in [-0.2, -0.15) is 0 Å². The molecule has 1 aromatic carbocycles. The second-order valence-corrected chi connectivity index (χ2v) is 4.43. The molecule has 0 radical (unpaired) electrons. The maximum atomic E-state index is 11.8. The van der Waals surface area contributed by atoms with Gasteiger partial charge in [0.1, 0.15) is 11.5 Å². The molecule has 1 heterocycles. The predicted molar refractivity (Wildman–Crippen MR) is 80.0 cm³/mol. The minimum atomic E-state index is -0.483. The molecule has 0 amide bonds. The summed E-state index contributed by atoms with van der Waals surface area (Å²) in [7, 11) is 0. The summed E-state index contributed by atoms with van der Waals surface area (Å²) in [5.41, 5.74) is 6.31. The van der Waals surface area contributed by atoms with Gasteiger partial charge < -0.3 is 11.1 Å². The zero-order valence-electron chi connectivity index (χ0n) is 11.3. The van der Waals surface area contributed by atoms with E-state index in [4.69, 9.17) is 5.73 Å². The Bertz CT molecular complexity index is 689. The molecule has 2 rings (SSSR count). The van der Waals surface area contributed by atoms with Gasteiger partial charge in [0.2, 0.25) is 0 Å². The molecule has 20 heavy (non-hydrogen) atoms. The first-order valence-corrected chi connectivity index (χ1v) is 6.54. The van der Waals surface area contributed by atoms with Crippen molar-refractivity contribution in [2.24, 2.45) is 0 Å². The average Bonchev–Trinajstić information content (AvgIpc) is 2.44. The highest BCUT2D eigenvalue weighted by atomic mass is 16.2. The molecule has 0 aliphatic rings. The summed E-state index contributed by atoms with van der Waals surface area (Å²) in [6.07, 6.45) is 0.769. The number of H-pyrrole nitrogens is 1. The van der Waals surface area contributed by atoms with Gasteiger partial charge in [-0.1, -0.05) is 30.3 Å². The van der Waals surface area contributed by atoms with Crippen LogP contribution in [-0.4, -0.2) is 16.1 Å². The Labute approximate surface area is 116 Å². The molecular formula is C14H18N4O2. The summed E-state index contributed by atoms with van der Waals surface area (Å²) in [6.45, 7) is 2.78. The van der Waals surface area contributed by atoms with Crippen molar-refractivity contribution in [3.63, 3.8) is 0 Å². The highest BCUT2D eigenvalue weighted by molar-refractivity contribution is 5.60. The van der Waals surface area contributed by atoms with Crippen LogP contribution in [0, 0.1) is 0 Å². The Kier molecular flexibility index (Phi) is 4.24. The first kappa shape index (κ1) is 13.9. The molecule has 0 saturated carbocycles. The number of hydrogen-bond acceptors (Lipinski definition) is 4. The average molecular weight is 274 g/mol. The molecule has 0 fully saturated rings. The van der Waals surface area contributed by atoms with E-state index >= 15 is 0 Å². The lowest BCUT2D eigenvalue weighted by Crippen LogP contribution is -2.34. The van der Waals surface area contributed by atoms with E-state index in [1.165, 1.54) is 10.1 Å². The minimum Gasteiger partial charge on any atom is -0.383 e. The van der Waals surface area contributed by atoms with Crippen LogP contribution >= 0.6 is 0 Å². The van der Waals surface area contributed by atoms with Gasteiger partial charge in [0.25, 0.3) is 5.56 Å². The van der Waals surface area contributed by atoms with Crippen LogP contribution in [0.1, 0.15) is 12.5 Å². The van der Waals surface area contributed by atoms with Crippen molar-refractivity contribution in [2.75, 3.05) is 17.6 Å². The van der Waals surface area contributed by atoms with E-state index in [9.17, 15) is 9.59 Å². The monoisotopic (exact) mass is 274 g/mol.